The molecule has 62 heavy (non-hydrogen) atoms. The van der Waals surface area contributed by atoms with E-state index in [0.717, 1.165) is 96.3 Å². The van der Waals surface area contributed by atoms with Gasteiger partial charge in [0, 0.05) is 19.3 Å². The van der Waals surface area contributed by atoms with Gasteiger partial charge in [0.25, 0.3) is 0 Å². The molecule has 6 heteroatoms. The van der Waals surface area contributed by atoms with Crippen LogP contribution in [0.4, 0.5) is 0 Å². The minimum atomic E-state index is -0.796. The number of carbonyl (C=O) groups is 3. The first-order valence-corrected chi connectivity index (χ1v) is 26.0. The molecule has 0 aromatic rings. The number of hydrogen-bond donors (Lipinski definition) is 0. The van der Waals surface area contributed by atoms with E-state index in [1.54, 1.807) is 0 Å². The highest BCUT2D eigenvalue weighted by atomic mass is 16.6. The van der Waals surface area contributed by atoms with Crippen molar-refractivity contribution in [3.8, 4) is 0 Å². The molecule has 1 atom stereocenters. The van der Waals surface area contributed by atoms with Gasteiger partial charge in [-0.2, -0.15) is 0 Å². The van der Waals surface area contributed by atoms with Gasteiger partial charge in [0.2, 0.25) is 0 Å². The molecule has 0 aliphatic carbocycles. The van der Waals surface area contributed by atoms with Gasteiger partial charge in [0.15, 0.2) is 6.10 Å². The normalized spacial score (nSPS) is 12.6. The van der Waals surface area contributed by atoms with Crippen LogP contribution in [0, 0.1) is 0 Å². The zero-order valence-corrected chi connectivity index (χ0v) is 40.6. The second-order valence-corrected chi connectivity index (χ2v) is 17.1. The molecular formula is C56H96O6. The summed E-state index contributed by atoms with van der Waals surface area (Å²) in [4.78, 5) is 38.0. The van der Waals surface area contributed by atoms with Crippen LogP contribution in [-0.2, 0) is 28.6 Å². The monoisotopic (exact) mass is 865 g/mol. The number of carbonyl (C=O) groups excluding carboxylic acids is 3. The molecule has 0 aromatic heterocycles. The molecule has 0 amide bonds. The molecule has 0 aromatic carbocycles. The van der Waals surface area contributed by atoms with Crippen LogP contribution in [0.2, 0.25) is 0 Å². The van der Waals surface area contributed by atoms with E-state index in [1.165, 1.54) is 109 Å². The summed E-state index contributed by atoms with van der Waals surface area (Å²) in [5, 5.41) is 0. The summed E-state index contributed by atoms with van der Waals surface area (Å²) in [5.41, 5.74) is 0. The third-order valence-electron chi connectivity index (χ3n) is 11.0. The van der Waals surface area contributed by atoms with Crippen LogP contribution < -0.4 is 0 Å². The lowest BCUT2D eigenvalue weighted by atomic mass is 10.1. The molecule has 6 nitrogen and oxygen atoms in total. The van der Waals surface area contributed by atoms with E-state index in [4.69, 9.17) is 14.2 Å². The maximum Gasteiger partial charge on any atom is 0.306 e. The number of hydrogen-bond acceptors (Lipinski definition) is 6. The van der Waals surface area contributed by atoms with Crippen LogP contribution in [0.15, 0.2) is 72.9 Å². The van der Waals surface area contributed by atoms with Crippen molar-refractivity contribution in [2.24, 2.45) is 0 Å². The van der Waals surface area contributed by atoms with Crippen molar-refractivity contribution in [2.75, 3.05) is 13.2 Å². The van der Waals surface area contributed by atoms with Crippen LogP contribution in [0.25, 0.3) is 0 Å². The minimum absolute atomic E-state index is 0.0965. The van der Waals surface area contributed by atoms with Crippen molar-refractivity contribution >= 4 is 17.9 Å². The van der Waals surface area contributed by atoms with E-state index in [1.807, 2.05) is 0 Å². The van der Waals surface area contributed by atoms with Gasteiger partial charge in [-0.1, -0.05) is 209 Å². The molecule has 0 heterocycles. The topological polar surface area (TPSA) is 78.9 Å². The Bertz CT molecular complexity index is 1180. The molecule has 0 N–H and O–H groups in total. The Balaban J connectivity index is 4.45. The van der Waals surface area contributed by atoms with Crippen molar-refractivity contribution < 1.29 is 28.6 Å². The summed E-state index contributed by atoms with van der Waals surface area (Å²) < 4.78 is 16.8. The van der Waals surface area contributed by atoms with E-state index in [-0.39, 0.29) is 31.1 Å². The molecule has 0 radical (unpaired) electrons. The van der Waals surface area contributed by atoms with Crippen LogP contribution in [0.3, 0.4) is 0 Å². The fourth-order valence-electron chi connectivity index (χ4n) is 7.07. The summed E-state index contributed by atoms with van der Waals surface area (Å²) >= 11 is 0. The molecule has 0 aliphatic heterocycles. The molecule has 0 bridgehead atoms. The van der Waals surface area contributed by atoms with Crippen molar-refractivity contribution in [3.63, 3.8) is 0 Å². The summed E-state index contributed by atoms with van der Waals surface area (Å²) in [6.45, 7) is 6.44. The predicted molar refractivity (Wildman–Crippen MR) is 265 cm³/mol. The Morgan fingerprint density at radius 2 is 0.645 bits per heavy atom. The van der Waals surface area contributed by atoms with Crippen molar-refractivity contribution in [2.45, 2.75) is 252 Å². The fraction of sp³-hybridized carbons (Fsp3) is 0.732. The average molecular weight is 865 g/mol. The standard InChI is InChI=1S/C56H96O6/c1-4-7-10-13-16-19-22-25-27-29-31-34-37-40-43-46-49-55(58)61-52-53(51-60-54(57)48-45-42-39-36-33-30-24-21-18-15-12-9-6-3)62-56(59)50-47-44-41-38-35-32-28-26-23-20-17-14-11-8-5-2/h9,12,15,18,20-21,23-24,27,29,31,34,53H,4-8,10-11,13-14,16-17,19,22,25-26,28,30,32-33,35-52H2,1-3H3/b12-9-,18-15-,23-20-,24-21-,29-27-,34-31-. The molecule has 1 unspecified atom stereocenters. The van der Waals surface area contributed by atoms with E-state index in [0.29, 0.717) is 19.3 Å². The Morgan fingerprint density at radius 3 is 1.06 bits per heavy atom. The number of allylic oxidation sites excluding steroid dienone is 12. The van der Waals surface area contributed by atoms with E-state index >= 15 is 0 Å². The van der Waals surface area contributed by atoms with Gasteiger partial charge in [-0.3, -0.25) is 14.4 Å². The van der Waals surface area contributed by atoms with Crippen LogP contribution in [-0.4, -0.2) is 37.2 Å². The summed E-state index contributed by atoms with van der Waals surface area (Å²) in [6, 6.07) is 0. The van der Waals surface area contributed by atoms with Gasteiger partial charge in [0.05, 0.1) is 0 Å². The van der Waals surface area contributed by atoms with Crippen LogP contribution in [0.1, 0.15) is 245 Å². The quantitative estimate of drug-likeness (QED) is 0.0199. The molecule has 0 aliphatic rings. The van der Waals surface area contributed by atoms with E-state index in [9.17, 15) is 14.4 Å². The second kappa shape index (κ2) is 50.5. The summed E-state index contributed by atoms with van der Waals surface area (Å²) in [7, 11) is 0. The first kappa shape index (κ1) is 58.9. The molecule has 0 saturated heterocycles. The van der Waals surface area contributed by atoms with Gasteiger partial charge >= 0.3 is 17.9 Å². The Labute approximate surface area is 382 Å². The number of rotatable bonds is 46. The lowest BCUT2D eigenvalue weighted by molar-refractivity contribution is -0.167. The first-order chi connectivity index (χ1) is 30.5. The smallest absolute Gasteiger partial charge is 0.306 e. The highest BCUT2D eigenvalue weighted by molar-refractivity contribution is 5.71. The van der Waals surface area contributed by atoms with Gasteiger partial charge in [0.1, 0.15) is 13.2 Å². The largest absolute Gasteiger partial charge is 0.462 e. The van der Waals surface area contributed by atoms with Crippen molar-refractivity contribution in [1.82, 2.24) is 0 Å². The SMILES string of the molecule is CC\C=C/C=C\C=C/CCCCCCCC(=O)OCC(COC(=O)CCCCC/C=C\C=C/CCCCCCCCC)OC(=O)CCCCCCCCC/C=C\CCCCCC. The maximum absolute atomic E-state index is 12.8. The molecule has 0 fully saturated rings. The Hall–Kier alpha value is -3.15. The zero-order chi connectivity index (χ0) is 45.1. The summed E-state index contributed by atoms with van der Waals surface area (Å²) in [6.07, 6.45) is 63.1. The average Bonchev–Trinajstić information content (AvgIpc) is 3.27. The van der Waals surface area contributed by atoms with Gasteiger partial charge in [-0.15, -0.1) is 0 Å². The molecule has 356 valence electrons. The molecular weight excluding hydrogens is 769 g/mol. The van der Waals surface area contributed by atoms with Crippen LogP contribution >= 0.6 is 0 Å². The maximum atomic E-state index is 12.8. The number of ether oxygens (including phenoxy) is 3. The molecule has 0 rings (SSSR count). The fourth-order valence-corrected chi connectivity index (χ4v) is 7.07. The van der Waals surface area contributed by atoms with Crippen molar-refractivity contribution in [1.29, 1.82) is 0 Å². The molecule has 0 saturated carbocycles. The second-order valence-electron chi connectivity index (χ2n) is 17.1. The Morgan fingerprint density at radius 1 is 0.339 bits per heavy atom. The summed E-state index contributed by atoms with van der Waals surface area (Å²) in [5.74, 6) is -0.945. The lowest BCUT2D eigenvalue weighted by Crippen LogP contribution is -2.30. The van der Waals surface area contributed by atoms with E-state index < -0.39 is 6.10 Å². The van der Waals surface area contributed by atoms with Gasteiger partial charge in [-0.05, 0) is 89.9 Å². The number of esters is 3. The number of unbranched alkanes of at least 4 members (excludes halogenated alkanes) is 26. The molecule has 0 spiro atoms. The predicted octanol–water partition coefficient (Wildman–Crippen LogP) is 17.0. The van der Waals surface area contributed by atoms with E-state index in [2.05, 4.69) is 93.7 Å². The highest BCUT2D eigenvalue weighted by Crippen LogP contribution is 2.14. The minimum Gasteiger partial charge on any atom is -0.462 e. The van der Waals surface area contributed by atoms with Gasteiger partial charge < -0.3 is 14.2 Å². The lowest BCUT2D eigenvalue weighted by Gasteiger charge is -2.18. The third kappa shape index (κ3) is 47.9. The zero-order valence-electron chi connectivity index (χ0n) is 40.6. The third-order valence-corrected chi connectivity index (χ3v) is 11.0. The van der Waals surface area contributed by atoms with Crippen molar-refractivity contribution in [3.05, 3.63) is 72.9 Å². The van der Waals surface area contributed by atoms with Crippen LogP contribution in [0.5, 0.6) is 0 Å². The first-order valence-electron chi connectivity index (χ1n) is 26.0. The van der Waals surface area contributed by atoms with Gasteiger partial charge in [-0.25, -0.2) is 0 Å². The highest BCUT2D eigenvalue weighted by Gasteiger charge is 2.19. The Kier molecular flexibility index (Phi) is 47.9.